The molecule has 39 heavy (non-hydrogen) atoms. The molecule has 2 rings (SSSR count). The highest BCUT2D eigenvalue weighted by atomic mass is 32.2. The Morgan fingerprint density at radius 1 is 1.08 bits per heavy atom. The maximum atomic E-state index is 12.9. The largest absolute Gasteiger partial charge is 0.573 e. The second-order valence-corrected chi connectivity index (χ2v) is 9.61. The van der Waals surface area contributed by atoms with Gasteiger partial charge in [0, 0.05) is 11.1 Å². The number of carbonyl (C=O) groups is 2. The molecule has 212 valence electrons. The minimum Gasteiger partial charge on any atom is -0.490 e. The number of nitriles is 1. The molecule has 9 nitrogen and oxygen atoms in total. The van der Waals surface area contributed by atoms with E-state index in [-0.39, 0.29) is 36.0 Å². The maximum absolute atomic E-state index is 12.9. The van der Waals surface area contributed by atoms with Gasteiger partial charge in [-0.3, -0.25) is 9.59 Å². The summed E-state index contributed by atoms with van der Waals surface area (Å²) in [4.78, 5) is 24.0. The Balaban J connectivity index is 2.31. The number of halogens is 6. The summed E-state index contributed by atoms with van der Waals surface area (Å²) in [7, 11) is -6.14. The minimum absolute atomic E-state index is 0.0921. The zero-order valence-corrected chi connectivity index (χ0v) is 21.0. The second kappa shape index (κ2) is 11.8. The highest BCUT2D eigenvalue weighted by Gasteiger charge is 2.49. The summed E-state index contributed by atoms with van der Waals surface area (Å²) in [6.45, 7) is 2.20. The van der Waals surface area contributed by atoms with Crippen molar-refractivity contribution in [2.45, 2.75) is 44.1 Å². The van der Waals surface area contributed by atoms with Crippen molar-refractivity contribution in [1.82, 2.24) is 5.32 Å². The van der Waals surface area contributed by atoms with Crippen LogP contribution in [0.3, 0.4) is 0 Å². The van der Waals surface area contributed by atoms with Crippen molar-refractivity contribution in [3.05, 3.63) is 53.1 Å². The summed E-state index contributed by atoms with van der Waals surface area (Å²) in [5.74, 6) is -2.59. The van der Waals surface area contributed by atoms with Gasteiger partial charge in [-0.2, -0.15) is 26.9 Å². The van der Waals surface area contributed by atoms with Gasteiger partial charge in [-0.25, -0.2) is 0 Å². The lowest BCUT2D eigenvalue weighted by molar-refractivity contribution is -0.274. The van der Waals surface area contributed by atoms with E-state index in [1.54, 1.807) is 13.0 Å². The highest BCUT2D eigenvalue weighted by Crippen LogP contribution is 2.37. The number of rotatable bonds is 11. The Kier molecular flexibility index (Phi) is 9.45. The number of ether oxygens (including phenoxy) is 2. The molecule has 0 aliphatic carbocycles. The van der Waals surface area contributed by atoms with Crippen LogP contribution in [-0.2, 0) is 16.5 Å². The van der Waals surface area contributed by atoms with Crippen molar-refractivity contribution in [2.75, 3.05) is 6.61 Å². The van der Waals surface area contributed by atoms with E-state index in [0.29, 0.717) is 0 Å². The number of alkyl halides is 6. The Morgan fingerprint density at radius 3 is 2.18 bits per heavy atom. The van der Waals surface area contributed by atoms with Crippen LogP contribution in [0.25, 0.3) is 0 Å². The first kappa shape index (κ1) is 31.2. The predicted octanol–water partition coefficient (Wildman–Crippen LogP) is 4.67. The van der Waals surface area contributed by atoms with Gasteiger partial charge in [0.2, 0.25) is 0 Å². The molecule has 0 saturated heterocycles. The third-order valence-corrected chi connectivity index (χ3v) is 5.81. The highest BCUT2D eigenvalue weighted by molar-refractivity contribution is 7.88. The first-order valence-electron chi connectivity index (χ1n) is 10.8. The SMILES string of the molecule is CCCc1c(OC[C@](C)(C#N)NC(=O)c2ccc(OC(F)(F)F)cc2)ccc(C=O)c1OS(=O)(=O)C(F)(F)F. The molecule has 0 aliphatic heterocycles. The summed E-state index contributed by atoms with van der Waals surface area (Å²) in [6, 6.07) is 7.67. The van der Waals surface area contributed by atoms with Crippen molar-refractivity contribution in [2.24, 2.45) is 0 Å². The number of nitrogens with one attached hydrogen (secondary N) is 1. The fourth-order valence-corrected chi connectivity index (χ4v) is 3.56. The number of carbonyl (C=O) groups excluding carboxylic acids is 2. The molecule has 2 aromatic carbocycles. The van der Waals surface area contributed by atoms with Crippen molar-refractivity contribution < 1.29 is 58.0 Å². The Morgan fingerprint density at radius 2 is 1.69 bits per heavy atom. The molecule has 1 amide bonds. The van der Waals surface area contributed by atoms with Crippen molar-refractivity contribution >= 4 is 22.3 Å². The van der Waals surface area contributed by atoms with Crippen LogP contribution >= 0.6 is 0 Å². The molecule has 0 bridgehead atoms. The first-order chi connectivity index (χ1) is 17.9. The first-order valence-corrected chi connectivity index (χ1v) is 12.2. The van der Waals surface area contributed by atoms with Gasteiger partial charge in [0.15, 0.2) is 17.6 Å². The average molecular weight is 582 g/mol. The second-order valence-electron chi connectivity index (χ2n) is 8.07. The molecule has 0 saturated carbocycles. The van der Waals surface area contributed by atoms with E-state index in [0.717, 1.165) is 36.4 Å². The molecule has 1 N–H and O–H groups in total. The molecule has 16 heteroatoms. The number of aldehydes is 1. The van der Waals surface area contributed by atoms with Gasteiger partial charge in [0.05, 0.1) is 11.6 Å². The third-order valence-electron chi connectivity index (χ3n) is 4.85. The summed E-state index contributed by atoms with van der Waals surface area (Å²) >= 11 is 0. The van der Waals surface area contributed by atoms with Crippen LogP contribution in [-0.4, -0.2) is 44.6 Å². The smallest absolute Gasteiger partial charge is 0.490 e. The molecule has 0 aliphatic rings. The van der Waals surface area contributed by atoms with Crippen molar-refractivity contribution in [3.8, 4) is 23.3 Å². The molecular weight excluding hydrogens is 562 g/mol. The summed E-state index contributed by atoms with van der Waals surface area (Å²) in [6.07, 6.45) is -4.69. The van der Waals surface area contributed by atoms with E-state index < -0.39 is 57.1 Å². The van der Waals surface area contributed by atoms with Crippen molar-refractivity contribution in [3.63, 3.8) is 0 Å². The summed E-state index contributed by atoms with van der Waals surface area (Å²) in [5.41, 5.74) is -8.42. The average Bonchev–Trinajstić information content (AvgIpc) is 2.82. The maximum Gasteiger partial charge on any atom is 0.573 e. The molecular formula is C23H20F6N2O7S. The lowest BCUT2D eigenvalue weighted by Gasteiger charge is -2.25. The number of benzene rings is 2. The third kappa shape index (κ3) is 8.24. The van der Waals surface area contributed by atoms with Crippen LogP contribution in [0.5, 0.6) is 17.2 Å². The lowest BCUT2D eigenvalue weighted by Crippen LogP contribution is -2.49. The molecule has 0 aromatic heterocycles. The number of amides is 1. The quantitative estimate of drug-likeness (QED) is 0.175. The Hall–Kier alpha value is -4.00. The molecule has 0 fully saturated rings. The summed E-state index contributed by atoms with van der Waals surface area (Å²) in [5, 5.41) is 11.9. The number of nitrogens with zero attached hydrogens (tertiary/aromatic N) is 1. The van der Waals surface area contributed by atoms with E-state index >= 15 is 0 Å². The molecule has 0 unspecified atom stereocenters. The predicted molar refractivity (Wildman–Crippen MR) is 122 cm³/mol. The molecule has 0 heterocycles. The monoisotopic (exact) mass is 582 g/mol. The van der Waals surface area contributed by atoms with Gasteiger partial charge in [-0.05, 0) is 49.7 Å². The zero-order valence-electron chi connectivity index (χ0n) is 20.1. The van der Waals surface area contributed by atoms with Crippen LogP contribution in [0, 0.1) is 11.3 Å². The zero-order chi connectivity index (χ0) is 29.6. The standard InChI is InChI=1S/C23H20F6N2O7S/c1-3-4-17-18(10-7-15(11-32)19(17)38-39(34,35)23(27,28)29)36-13-21(2,12-30)31-20(33)14-5-8-16(9-6-14)37-22(24,25)26/h5-11H,3-4,13H2,1-2H3,(H,31,33)/t21-/m0/s1. The molecule has 0 spiro atoms. The fourth-order valence-electron chi connectivity index (χ4n) is 3.05. The molecule has 2 aromatic rings. The van der Waals surface area contributed by atoms with Crippen LogP contribution in [0.4, 0.5) is 26.3 Å². The van der Waals surface area contributed by atoms with Gasteiger partial charge < -0.3 is 19.0 Å². The van der Waals surface area contributed by atoms with E-state index in [1.165, 1.54) is 6.92 Å². The van der Waals surface area contributed by atoms with Crippen LogP contribution < -0.4 is 19.0 Å². The number of hydrogen-bond donors (Lipinski definition) is 1. The van der Waals surface area contributed by atoms with Gasteiger partial charge in [0.1, 0.15) is 18.1 Å². The lowest BCUT2D eigenvalue weighted by atomic mass is 10.0. The van der Waals surface area contributed by atoms with Gasteiger partial charge in [-0.1, -0.05) is 13.3 Å². The van der Waals surface area contributed by atoms with Crippen LogP contribution in [0.2, 0.25) is 0 Å². The molecule has 0 radical (unpaired) electrons. The molecule has 1 atom stereocenters. The van der Waals surface area contributed by atoms with E-state index in [9.17, 15) is 49.6 Å². The van der Waals surface area contributed by atoms with Gasteiger partial charge in [-0.15, -0.1) is 13.2 Å². The van der Waals surface area contributed by atoms with Gasteiger partial charge in [0.25, 0.3) is 5.91 Å². The van der Waals surface area contributed by atoms with Crippen LogP contribution in [0.15, 0.2) is 36.4 Å². The van der Waals surface area contributed by atoms with E-state index in [2.05, 4.69) is 14.2 Å². The minimum atomic E-state index is -6.14. The van der Waals surface area contributed by atoms with Crippen molar-refractivity contribution in [1.29, 1.82) is 5.26 Å². The normalized spacial score (nSPS) is 13.5. The fraction of sp³-hybridized carbons (Fsp3) is 0.348. The van der Waals surface area contributed by atoms with E-state index in [4.69, 9.17) is 4.74 Å². The Labute approximate surface area is 218 Å². The number of hydrogen-bond acceptors (Lipinski definition) is 8. The van der Waals surface area contributed by atoms with Gasteiger partial charge >= 0.3 is 22.0 Å². The summed E-state index contributed by atoms with van der Waals surface area (Å²) < 4.78 is 112. The van der Waals surface area contributed by atoms with Crippen LogP contribution in [0.1, 0.15) is 46.5 Å². The van der Waals surface area contributed by atoms with E-state index in [1.807, 2.05) is 0 Å². The topological polar surface area (TPSA) is 132 Å². The Bertz CT molecular complexity index is 1350.